The molecule has 2 aromatic rings. The van der Waals surface area contributed by atoms with E-state index >= 15 is 0 Å². The second-order valence-electron chi connectivity index (χ2n) is 10.8. The number of para-hydroxylation sites is 1. The summed E-state index contributed by atoms with van der Waals surface area (Å²) in [6.07, 6.45) is 9.45. The van der Waals surface area contributed by atoms with E-state index < -0.39 is 0 Å². The predicted molar refractivity (Wildman–Crippen MR) is 142 cm³/mol. The molecule has 0 radical (unpaired) electrons. The number of aryl methyl sites for hydroxylation is 1. The number of fused-ring (bicyclic) bond motifs is 1. The fourth-order valence-corrected chi connectivity index (χ4v) is 6.78. The lowest BCUT2D eigenvalue weighted by atomic mass is 9.78. The summed E-state index contributed by atoms with van der Waals surface area (Å²) < 4.78 is 11.1. The molecule has 194 valence electrons. The minimum absolute atomic E-state index is 0.220. The van der Waals surface area contributed by atoms with E-state index in [4.69, 9.17) is 14.5 Å². The average molecular weight is 492 g/mol. The van der Waals surface area contributed by atoms with Gasteiger partial charge in [-0.2, -0.15) is 0 Å². The van der Waals surface area contributed by atoms with E-state index in [2.05, 4.69) is 21.9 Å². The van der Waals surface area contributed by atoms with Crippen LogP contribution in [-0.2, 0) is 6.54 Å². The highest BCUT2D eigenvalue weighted by Crippen LogP contribution is 2.38. The van der Waals surface area contributed by atoms with Crippen molar-refractivity contribution in [1.29, 1.82) is 0 Å². The minimum Gasteiger partial charge on any atom is -0.493 e. The molecule has 6 heteroatoms. The molecule has 1 saturated carbocycles. The van der Waals surface area contributed by atoms with Crippen LogP contribution in [-0.4, -0.2) is 60.6 Å². The fraction of sp³-hybridized carbons (Fsp3) is 0.600. The number of ether oxygens (including phenoxy) is 2. The predicted octanol–water partition coefficient (Wildman–Crippen LogP) is 5.58. The quantitative estimate of drug-likeness (QED) is 0.528. The van der Waals surface area contributed by atoms with Crippen LogP contribution in [0, 0.1) is 12.8 Å². The Hall–Kier alpha value is -2.60. The SMILES string of the molecule is COc1cccc(CN2CCC(c3nc(C)ccc3C(=O)N3CCCC4CCCCC43)CC2)c1OC. The van der Waals surface area contributed by atoms with E-state index in [9.17, 15) is 4.79 Å². The number of nitrogens with zero attached hydrogens (tertiary/aromatic N) is 3. The third-order valence-electron chi connectivity index (χ3n) is 8.65. The van der Waals surface area contributed by atoms with Crippen molar-refractivity contribution in [2.45, 2.75) is 76.8 Å². The Bertz CT molecular complexity index is 1060. The van der Waals surface area contributed by atoms with Gasteiger partial charge < -0.3 is 14.4 Å². The molecule has 1 aromatic heterocycles. The normalized spacial score (nSPS) is 23.2. The number of rotatable bonds is 6. The number of aromatic nitrogens is 1. The van der Waals surface area contributed by atoms with Gasteiger partial charge in [-0.15, -0.1) is 0 Å². The summed E-state index contributed by atoms with van der Waals surface area (Å²) in [4.78, 5) is 23.6. The Kier molecular flexibility index (Phi) is 7.80. The van der Waals surface area contributed by atoms with Crippen LogP contribution < -0.4 is 9.47 Å². The van der Waals surface area contributed by atoms with Crippen LogP contribution in [0.15, 0.2) is 30.3 Å². The molecule has 36 heavy (non-hydrogen) atoms. The highest BCUT2D eigenvalue weighted by molar-refractivity contribution is 5.95. The molecule has 2 atom stereocenters. The zero-order valence-corrected chi connectivity index (χ0v) is 22.2. The third-order valence-corrected chi connectivity index (χ3v) is 8.65. The van der Waals surface area contributed by atoms with E-state index in [-0.39, 0.29) is 5.91 Å². The van der Waals surface area contributed by atoms with Crippen LogP contribution in [0.3, 0.4) is 0 Å². The van der Waals surface area contributed by atoms with Crippen LogP contribution in [0.2, 0.25) is 0 Å². The van der Waals surface area contributed by atoms with Crippen molar-refractivity contribution >= 4 is 5.91 Å². The van der Waals surface area contributed by atoms with Crippen molar-refractivity contribution in [2.75, 3.05) is 33.9 Å². The Morgan fingerprint density at radius 3 is 2.50 bits per heavy atom. The molecule has 0 bridgehead atoms. The molecule has 2 saturated heterocycles. The first-order chi connectivity index (χ1) is 17.6. The molecule has 0 N–H and O–H groups in total. The summed E-state index contributed by atoms with van der Waals surface area (Å²) in [6.45, 7) is 5.72. The first kappa shape index (κ1) is 25.1. The number of methoxy groups -OCH3 is 2. The summed E-state index contributed by atoms with van der Waals surface area (Å²) in [5, 5.41) is 0. The Morgan fingerprint density at radius 1 is 0.944 bits per heavy atom. The smallest absolute Gasteiger partial charge is 0.255 e. The monoisotopic (exact) mass is 491 g/mol. The number of carbonyl (C=O) groups excluding carboxylic acids is 1. The van der Waals surface area contributed by atoms with Crippen LogP contribution >= 0.6 is 0 Å². The lowest BCUT2D eigenvalue weighted by Gasteiger charge is -2.44. The van der Waals surface area contributed by atoms with E-state index in [0.29, 0.717) is 17.9 Å². The Balaban J connectivity index is 1.30. The first-order valence-electron chi connectivity index (χ1n) is 13.8. The summed E-state index contributed by atoms with van der Waals surface area (Å²) in [5.41, 5.74) is 4.02. The maximum atomic E-state index is 13.9. The number of hydrogen-bond donors (Lipinski definition) is 0. The van der Waals surface area contributed by atoms with Crippen LogP contribution in [0.25, 0.3) is 0 Å². The van der Waals surface area contributed by atoms with Crippen molar-refractivity contribution in [3.05, 3.63) is 52.8 Å². The zero-order valence-electron chi connectivity index (χ0n) is 22.2. The van der Waals surface area contributed by atoms with Gasteiger partial charge in [-0.05, 0) is 82.7 Å². The first-order valence-corrected chi connectivity index (χ1v) is 13.8. The molecular weight excluding hydrogens is 450 g/mol. The van der Waals surface area contributed by atoms with Crippen molar-refractivity contribution in [1.82, 2.24) is 14.8 Å². The Labute approximate surface area is 216 Å². The maximum Gasteiger partial charge on any atom is 0.255 e. The van der Waals surface area contributed by atoms with Crippen molar-refractivity contribution in [3.8, 4) is 11.5 Å². The molecule has 1 aliphatic carbocycles. The molecule has 0 spiro atoms. The molecular formula is C30H41N3O3. The number of benzene rings is 1. The third kappa shape index (κ3) is 5.10. The standard InChI is InChI=1S/C30H41N3O3/c1-21-13-14-25(30(34)33-17-7-10-22-8-4-5-11-26(22)33)28(31-21)23-15-18-32(19-16-23)20-24-9-6-12-27(35-2)29(24)36-3/h6,9,12-14,22-23,26H,4-5,7-8,10-11,15-20H2,1-3H3. The van der Waals surface area contributed by atoms with E-state index in [1.165, 1.54) is 25.7 Å². The van der Waals surface area contributed by atoms with Gasteiger partial charge in [0.15, 0.2) is 11.5 Å². The lowest BCUT2D eigenvalue weighted by molar-refractivity contribution is 0.0388. The van der Waals surface area contributed by atoms with Crippen LogP contribution in [0.1, 0.15) is 84.6 Å². The second kappa shape index (κ2) is 11.2. The van der Waals surface area contributed by atoms with E-state index in [0.717, 1.165) is 85.9 Å². The summed E-state index contributed by atoms with van der Waals surface area (Å²) in [7, 11) is 3.38. The number of amides is 1. The second-order valence-corrected chi connectivity index (χ2v) is 10.8. The minimum atomic E-state index is 0.220. The molecule has 2 aliphatic heterocycles. The van der Waals surface area contributed by atoms with Crippen LogP contribution in [0.4, 0.5) is 0 Å². The molecule has 3 aliphatic rings. The van der Waals surface area contributed by atoms with Gasteiger partial charge in [-0.1, -0.05) is 25.0 Å². The largest absolute Gasteiger partial charge is 0.493 e. The lowest BCUT2D eigenvalue weighted by Crippen LogP contribution is -2.50. The average Bonchev–Trinajstić information content (AvgIpc) is 2.92. The molecule has 5 rings (SSSR count). The maximum absolute atomic E-state index is 13.9. The summed E-state index contributed by atoms with van der Waals surface area (Å²) >= 11 is 0. The molecule has 2 unspecified atom stereocenters. The van der Waals surface area contributed by atoms with Crippen LogP contribution in [0.5, 0.6) is 11.5 Å². The van der Waals surface area contributed by atoms with Gasteiger partial charge in [0.25, 0.3) is 5.91 Å². The summed E-state index contributed by atoms with van der Waals surface area (Å²) in [5.74, 6) is 2.82. The van der Waals surface area contributed by atoms with Gasteiger partial charge in [-0.25, -0.2) is 0 Å². The molecule has 6 nitrogen and oxygen atoms in total. The highest BCUT2D eigenvalue weighted by atomic mass is 16.5. The number of carbonyl (C=O) groups is 1. The highest BCUT2D eigenvalue weighted by Gasteiger charge is 2.37. The zero-order chi connectivity index (χ0) is 25.1. The molecule has 3 heterocycles. The van der Waals surface area contributed by atoms with Crippen molar-refractivity contribution in [3.63, 3.8) is 0 Å². The topological polar surface area (TPSA) is 54.9 Å². The molecule has 1 amide bonds. The Morgan fingerprint density at radius 2 is 1.72 bits per heavy atom. The van der Waals surface area contributed by atoms with Gasteiger partial charge in [0.1, 0.15) is 0 Å². The number of piperidine rings is 2. The summed E-state index contributed by atoms with van der Waals surface area (Å²) in [6, 6.07) is 10.6. The van der Waals surface area contributed by atoms with E-state index in [1.54, 1.807) is 14.2 Å². The fourth-order valence-electron chi connectivity index (χ4n) is 6.78. The van der Waals surface area contributed by atoms with Gasteiger partial charge >= 0.3 is 0 Å². The van der Waals surface area contributed by atoms with Crippen molar-refractivity contribution in [2.24, 2.45) is 5.92 Å². The molecule has 3 fully saturated rings. The number of pyridine rings is 1. The van der Waals surface area contributed by atoms with Gasteiger partial charge in [-0.3, -0.25) is 14.7 Å². The van der Waals surface area contributed by atoms with Gasteiger partial charge in [0, 0.05) is 36.3 Å². The van der Waals surface area contributed by atoms with Crippen molar-refractivity contribution < 1.29 is 14.3 Å². The number of hydrogen-bond acceptors (Lipinski definition) is 5. The molecule has 1 aromatic carbocycles. The number of likely N-dealkylation sites (tertiary alicyclic amines) is 2. The van der Waals surface area contributed by atoms with Gasteiger partial charge in [0.05, 0.1) is 25.5 Å². The van der Waals surface area contributed by atoms with E-state index in [1.807, 2.05) is 25.1 Å². The van der Waals surface area contributed by atoms with Gasteiger partial charge in [0.2, 0.25) is 0 Å².